The van der Waals surface area contributed by atoms with Crippen molar-refractivity contribution in [2.75, 3.05) is 6.61 Å². The van der Waals surface area contributed by atoms with Crippen molar-refractivity contribution < 1.29 is 4.74 Å². The second-order valence-electron chi connectivity index (χ2n) is 6.53. The molecule has 0 fully saturated rings. The number of hydrogen-bond acceptors (Lipinski definition) is 7. The van der Waals surface area contributed by atoms with Crippen LogP contribution in [0.5, 0.6) is 0 Å². The first kappa shape index (κ1) is 17.5. The normalized spacial score (nSPS) is 12.7. The molecule has 8 heteroatoms. The molecule has 3 heterocycles. The van der Waals surface area contributed by atoms with E-state index in [0.717, 1.165) is 28.6 Å². The van der Waals surface area contributed by atoms with E-state index < -0.39 is 0 Å². The zero-order chi connectivity index (χ0) is 19.8. The number of fused-ring (bicyclic) bond motifs is 5. The van der Waals surface area contributed by atoms with Crippen molar-refractivity contribution in [3.8, 4) is 23.0 Å². The Morgan fingerprint density at radius 3 is 3.07 bits per heavy atom. The maximum atomic E-state index is 9.48. The summed E-state index contributed by atoms with van der Waals surface area (Å²) >= 11 is 1.69. The minimum atomic E-state index is 0.359. The number of aliphatic imine (C=N–C) groups is 1. The van der Waals surface area contributed by atoms with E-state index >= 15 is 0 Å². The Morgan fingerprint density at radius 2 is 2.21 bits per heavy atom. The van der Waals surface area contributed by atoms with E-state index in [-0.39, 0.29) is 0 Å². The minimum absolute atomic E-state index is 0.359. The topological polar surface area (TPSA) is 89.0 Å². The standard InChI is InChI=1S/C21H16N6OS/c1-2-28-12-25-19-14(9-22)10-26-27(19)20-18-17-15-6-4-3-5-13(15)7-8-16(17)29-21(18)24-11-23-20/h3-6,10-12H,2,7-8H2,1H3/b25-12+. The summed E-state index contributed by atoms with van der Waals surface area (Å²) in [6.45, 7) is 2.36. The number of aryl methyl sites for hydroxylation is 2. The lowest BCUT2D eigenvalue weighted by atomic mass is 9.89. The fraction of sp³-hybridized carbons (Fsp3) is 0.190. The van der Waals surface area contributed by atoms with Crippen LogP contribution in [0.25, 0.3) is 27.2 Å². The molecule has 0 N–H and O–H groups in total. The van der Waals surface area contributed by atoms with E-state index in [1.807, 2.05) is 6.92 Å². The van der Waals surface area contributed by atoms with E-state index in [2.05, 4.69) is 50.4 Å². The summed E-state index contributed by atoms with van der Waals surface area (Å²) in [6.07, 6.45) is 6.37. The summed E-state index contributed by atoms with van der Waals surface area (Å²) in [5, 5.41) is 14.8. The van der Waals surface area contributed by atoms with Crippen LogP contribution in [0.3, 0.4) is 0 Å². The number of aromatic nitrogens is 4. The maximum absolute atomic E-state index is 9.48. The fourth-order valence-corrected chi connectivity index (χ4v) is 4.82. The lowest BCUT2D eigenvalue weighted by Crippen LogP contribution is -2.04. The van der Waals surface area contributed by atoms with Gasteiger partial charge in [-0.15, -0.1) is 11.3 Å². The van der Waals surface area contributed by atoms with Gasteiger partial charge in [0.25, 0.3) is 0 Å². The number of nitriles is 1. The van der Waals surface area contributed by atoms with Crippen LogP contribution in [0.4, 0.5) is 5.82 Å². The van der Waals surface area contributed by atoms with Crippen LogP contribution in [-0.2, 0) is 17.6 Å². The lowest BCUT2D eigenvalue weighted by Gasteiger charge is -2.17. The van der Waals surface area contributed by atoms with Gasteiger partial charge in [0.1, 0.15) is 22.8 Å². The van der Waals surface area contributed by atoms with Gasteiger partial charge in [-0.05, 0) is 30.9 Å². The van der Waals surface area contributed by atoms with Crippen molar-refractivity contribution >= 4 is 33.8 Å². The summed E-state index contributed by atoms with van der Waals surface area (Å²) in [4.78, 5) is 15.6. The molecule has 0 bridgehead atoms. The molecule has 29 heavy (non-hydrogen) atoms. The lowest BCUT2D eigenvalue weighted by molar-refractivity contribution is 0.343. The van der Waals surface area contributed by atoms with Gasteiger partial charge in [0.2, 0.25) is 0 Å². The van der Waals surface area contributed by atoms with E-state index in [0.29, 0.717) is 23.8 Å². The largest absolute Gasteiger partial charge is 0.483 e. The van der Waals surface area contributed by atoms with E-state index in [1.54, 1.807) is 16.0 Å². The van der Waals surface area contributed by atoms with Gasteiger partial charge < -0.3 is 4.74 Å². The van der Waals surface area contributed by atoms with Crippen LogP contribution < -0.4 is 0 Å². The molecule has 4 aromatic rings. The number of ether oxygens (including phenoxy) is 1. The van der Waals surface area contributed by atoms with Crippen LogP contribution in [0.2, 0.25) is 0 Å². The predicted molar refractivity (Wildman–Crippen MR) is 112 cm³/mol. The maximum Gasteiger partial charge on any atom is 0.178 e. The third kappa shape index (κ3) is 2.79. The highest BCUT2D eigenvalue weighted by Crippen LogP contribution is 2.45. The monoisotopic (exact) mass is 400 g/mol. The summed E-state index contributed by atoms with van der Waals surface area (Å²) < 4.78 is 6.83. The van der Waals surface area contributed by atoms with Crippen molar-refractivity contribution in [2.45, 2.75) is 19.8 Å². The third-order valence-corrected chi connectivity index (χ3v) is 6.09. The Bertz CT molecular complexity index is 1300. The Kier molecular flexibility index (Phi) is 4.30. The molecule has 0 spiro atoms. The molecule has 3 aromatic heterocycles. The Morgan fingerprint density at radius 1 is 1.31 bits per heavy atom. The first-order valence-electron chi connectivity index (χ1n) is 9.29. The van der Waals surface area contributed by atoms with Gasteiger partial charge in [0.05, 0.1) is 18.2 Å². The van der Waals surface area contributed by atoms with Crippen LogP contribution in [0.1, 0.15) is 22.9 Å². The third-order valence-electron chi connectivity index (χ3n) is 4.93. The quantitative estimate of drug-likeness (QED) is 0.378. The highest BCUT2D eigenvalue weighted by Gasteiger charge is 2.26. The van der Waals surface area contributed by atoms with E-state index in [9.17, 15) is 5.26 Å². The zero-order valence-corrected chi connectivity index (χ0v) is 16.5. The van der Waals surface area contributed by atoms with Gasteiger partial charge in [-0.25, -0.2) is 9.97 Å². The second-order valence-corrected chi connectivity index (χ2v) is 7.61. The summed E-state index contributed by atoms with van der Waals surface area (Å²) in [7, 11) is 0. The number of rotatable bonds is 4. The Hall–Kier alpha value is -3.57. The zero-order valence-electron chi connectivity index (χ0n) is 15.7. The molecule has 1 aromatic carbocycles. The van der Waals surface area contributed by atoms with Crippen LogP contribution in [-0.4, -0.2) is 32.8 Å². The van der Waals surface area contributed by atoms with Gasteiger partial charge in [0.15, 0.2) is 18.0 Å². The molecule has 142 valence electrons. The van der Waals surface area contributed by atoms with Crippen molar-refractivity contribution in [1.82, 2.24) is 19.7 Å². The van der Waals surface area contributed by atoms with Gasteiger partial charge in [-0.1, -0.05) is 24.3 Å². The molecular formula is C21H16N6OS. The van der Waals surface area contributed by atoms with Gasteiger partial charge in [0, 0.05) is 10.4 Å². The summed E-state index contributed by atoms with van der Waals surface area (Å²) in [5.74, 6) is 1.01. The van der Waals surface area contributed by atoms with Gasteiger partial charge in [-0.3, -0.25) is 0 Å². The molecule has 0 saturated carbocycles. The second kappa shape index (κ2) is 7.11. The van der Waals surface area contributed by atoms with Crippen molar-refractivity contribution in [3.63, 3.8) is 0 Å². The van der Waals surface area contributed by atoms with Crippen molar-refractivity contribution in [3.05, 3.63) is 52.8 Å². The Labute approximate surface area is 170 Å². The van der Waals surface area contributed by atoms with E-state index in [4.69, 9.17) is 4.74 Å². The molecule has 0 aliphatic heterocycles. The molecule has 0 amide bonds. The summed E-state index contributed by atoms with van der Waals surface area (Å²) in [6, 6.07) is 10.6. The predicted octanol–water partition coefficient (Wildman–Crippen LogP) is 4.21. The molecule has 1 aliphatic rings. The van der Waals surface area contributed by atoms with Crippen molar-refractivity contribution in [2.24, 2.45) is 4.99 Å². The average molecular weight is 400 g/mol. The number of nitrogens with zero attached hydrogens (tertiary/aromatic N) is 6. The molecular weight excluding hydrogens is 384 g/mol. The number of benzene rings is 1. The molecule has 0 radical (unpaired) electrons. The van der Waals surface area contributed by atoms with Crippen molar-refractivity contribution in [1.29, 1.82) is 5.26 Å². The molecule has 0 unspecified atom stereocenters. The van der Waals surface area contributed by atoms with E-state index in [1.165, 1.54) is 34.9 Å². The van der Waals surface area contributed by atoms with Gasteiger partial charge in [-0.2, -0.15) is 20.0 Å². The van der Waals surface area contributed by atoms with Crippen LogP contribution >= 0.6 is 11.3 Å². The Balaban J connectivity index is 1.78. The number of thiophene rings is 1. The highest BCUT2D eigenvalue weighted by atomic mass is 32.1. The minimum Gasteiger partial charge on any atom is -0.483 e. The number of hydrogen-bond donors (Lipinski definition) is 0. The van der Waals surface area contributed by atoms with Crippen LogP contribution in [0, 0.1) is 11.3 Å². The van der Waals surface area contributed by atoms with Crippen LogP contribution in [0.15, 0.2) is 41.8 Å². The SMILES string of the molecule is CCO/C=N/c1c(C#N)cnn1-c1ncnc2sc3c(c12)-c1ccccc1CC3. The van der Waals surface area contributed by atoms with Gasteiger partial charge >= 0.3 is 0 Å². The molecule has 1 aliphatic carbocycles. The first-order chi connectivity index (χ1) is 14.3. The average Bonchev–Trinajstić information content (AvgIpc) is 3.35. The molecule has 7 nitrogen and oxygen atoms in total. The first-order valence-corrected chi connectivity index (χ1v) is 10.1. The molecule has 0 atom stereocenters. The highest BCUT2D eigenvalue weighted by molar-refractivity contribution is 7.19. The smallest absolute Gasteiger partial charge is 0.178 e. The molecule has 5 rings (SSSR count). The fourth-order valence-electron chi connectivity index (χ4n) is 3.68. The molecule has 0 saturated heterocycles. The summed E-state index contributed by atoms with van der Waals surface area (Å²) in [5.41, 5.74) is 4.05.